The quantitative estimate of drug-likeness (QED) is 0.901. The van der Waals surface area contributed by atoms with Crippen molar-refractivity contribution >= 4 is 0 Å². The van der Waals surface area contributed by atoms with Crippen LogP contribution in [0.5, 0.6) is 0 Å². The van der Waals surface area contributed by atoms with Gasteiger partial charge in [0.05, 0.1) is 5.54 Å². The van der Waals surface area contributed by atoms with Crippen LogP contribution in [-0.4, -0.2) is 41.0 Å². The number of nitrogens with zero attached hydrogens (tertiary/aromatic N) is 3. The number of aromatic nitrogens is 2. The van der Waals surface area contributed by atoms with Crippen molar-refractivity contribution in [3.05, 3.63) is 23.8 Å². The maximum atomic E-state index is 4.87. The van der Waals surface area contributed by atoms with Crippen LogP contribution in [0, 0.1) is 0 Å². The maximum absolute atomic E-state index is 4.87. The van der Waals surface area contributed by atoms with Gasteiger partial charge in [-0.15, -0.1) is 0 Å². The van der Waals surface area contributed by atoms with E-state index in [1.807, 2.05) is 6.20 Å². The topological polar surface area (TPSA) is 41.1 Å². The molecule has 1 aromatic heterocycles. The highest BCUT2D eigenvalue weighted by molar-refractivity contribution is 5.14. The highest BCUT2D eigenvalue weighted by Gasteiger charge is 2.33. The van der Waals surface area contributed by atoms with Gasteiger partial charge in [-0.25, -0.2) is 9.97 Å². The second-order valence-electron chi connectivity index (χ2n) is 6.23. The third-order valence-electron chi connectivity index (χ3n) is 4.66. The molecule has 0 unspecified atom stereocenters. The summed E-state index contributed by atoms with van der Waals surface area (Å²) in [5, 5.41) is 3.40. The van der Waals surface area contributed by atoms with Gasteiger partial charge in [0.25, 0.3) is 0 Å². The Morgan fingerprint density at radius 3 is 2.63 bits per heavy atom. The minimum Gasteiger partial charge on any atom is -0.314 e. The van der Waals surface area contributed by atoms with Crippen LogP contribution in [0.4, 0.5) is 0 Å². The molecule has 0 amide bonds. The average Bonchev–Trinajstić information content (AvgIpc) is 2.38. The van der Waals surface area contributed by atoms with Gasteiger partial charge in [-0.05, 0) is 32.8 Å². The molecule has 1 aliphatic carbocycles. The molecule has 1 saturated carbocycles. The molecule has 19 heavy (non-hydrogen) atoms. The summed E-state index contributed by atoms with van der Waals surface area (Å²) in [5.74, 6) is 1.67. The van der Waals surface area contributed by atoms with Crippen molar-refractivity contribution in [1.82, 2.24) is 20.2 Å². The minimum atomic E-state index is -0.0676. The van der Waals surface area contributed by atoms with E-state index in [1.54, 1.807) is 0 Å². The van der Waals surface area contributed by atoms with Crippen molar-refractivity contribution in [3.63, 3.8) is 0 Å². The first-order chi connectivity index (χ1) is 9.18. The Morgan fingerprint density at radius 1 is 1.26 bits per heavy atom. The molecule has 2 heterocycles. The third kappa shape index (κ3) is 2.51. The van der Waals surface area contributed by atoms with E-state index >= 15 is 0 Å². The number of hydrogen-bond donors (Lipinski definition) is 1. The molecule has 0 atom stereocenters. The molecular weight excluding hydrogens is 236 g/mol. The van der Waals surface area contributed by atoms with E-state index in [-0.39, 0.29) is 5.54 Å². The van der Waals surface area contributed by atoms with Gasteiger partial charge in [-0.2, -0.15) is 0 Å². The van der Waals surface area contributed by atoms with Gasteiger partial charge >= 0.3 is 0 Å². The molecule has 0 bridgehead atoms. The fraction of sp³-hybridized carbons (Fsp3) is 0.733. The van der Waals surface area contributed by atoms with Crippen molar-refractivity contribution in [3.8, 4) is 0 Å². The Bertz CT molecular complexity index is 434. The predicted molar refractivity (Wildman–Crippen MR) is 76.1 cm³/mol. The normalized spacial score (nSPS) is 22.2. The van der Waals surface area contributed by atoms with E-state index in [4.69, 9.17) is 4.98 Å². The highest BCUT2D eigenvalue weighted by Crippen LogP contribution is 2.36. The predicted octanol–water partition coefficient (Wildman–Crippen LogP) is 1.88. The molecule has 4 nitrogen and oxygen atoms in total. The summed E-state index contributed by atoms with van der Waals surface area (Å²) >= 11 is 0. The van der Waals surface area contributed by atoms with Gasteiger partial charge in [-0.3, -0.25) is 4.90 Å². The maximum Gasteiger partial charge on any atom is 0.148 e. The number of nitrogens with one attached hydrogen (secondary N) is 1. The van der Waals surface area contributed by atoms with E-state index in [1.165, 1.54) is 25.0 Å². The van der Waals surface area contributed by atoms with Crippen LogP contribution >= 0.6 is 0 Å². The van der Waals surface area contributed by atoms with Gasteiger partial charge in [0.1, 0.15) is 5.82 Å². The van der Waals surface area contributed by atoms with Crippen LogP contribution in [0.1, 0.15) is 50.5 Å². The second kappa shape index (κ2) is 5.17. The summed E-state index contributed by atoms with van der Waals surface area (Å²) in [6.07, 6.45) is 5.89. The van der Waals surface area contributed by atoms with Crippen LogP contribution in [0.25, 0.3) is 0 Å². The summed E-state index contributed by atoms with van der Waals surface area (Å²) in [4.78, 5) is 11.9. The molecule has 2 aliphatic rings. The van der Waals surface area contributed by atoms with Crippen molar-refractivity contribution in [2.45, 2.75) is 44.6 Å². The summed E-state index contributed by atoms with van der Waals surface area (Å²) in [6, 6.07) is 2.10. The second-order valence-corrected chi connectivity index (χ2v) is 6.23. The fourth-order valence-electron chi connectivity index (χ4n) is 2.96. The van der Waals surface area contributed by atoms with E-state index in [2.05, 4.69) is 35.1 Å². The van der Waals surface area contributed by atoms with Gasteiger partial charge in [0, 0.05) is 44.0 Å². The van der Waals surface area contributed by atoms with Gasteiger partial charge in [-0.1, -0.05) is 6.42 Å². The Labute approximate surface area is 115 Å². The van der Waals surface area contributed by atoms with E-state index in [0.29, 0.717) is 5.92 Å². The highest BCUT2D eigenvalue weighted by atomic mass is 15.3. The zero-order valence-corrected chi connectivity index (χ0v) is 12.0. The molecule has 1 aliphatic heterocycles. The number of hydrogen-bond acceptors (Lipinski definition) is 4. The van der Waals surface area contributed by atoms with Crippen LogP contribution in [0.15, 0.2) is 12.3 Å². The van der Waals surface area contributed by atoms with Crippen LogP contribution in [-0.2, 0) is 5.54 Å². The summed E-state index contributed by atoms with van der Waals surface area (Å²) in [6.45, 7) is 8.77. The lowest BCUT2D eigenvalue weighted by Crippen LogP contribution is -2.52. The average molecular weight is 260 g/mol. The molecule has 4 heteroatoms. The molecule has 0 radical (unpaired) electrons. The first-order valence-electron chi connectivity index (χ1n) is 7.47. The van der Waals surface area contributed by atoms with E-state index in [9.17, 15) is 0 Å². The van der Waals surface area contributed by atoms with Crippen LogP contribution in [0.2, 0.25) is 0 Å². The van der Waals surface area contributed by atoms with Crippen LogP contribution in [0.3, 0.4) is 0 Å². The molecule has 0 aromatic carbocycles. The van der Waals surface area contributed by atoms with Gasteiger partial charge < -0.3 is 5.32 Å². The SMILES string of the molecule is CC(C)(c1nccc(C2CCC2)n1)N1CCNCC1. The summed E-state index contributed by atoms with van der Waals surface area (Å²) < 4.78 is 0. The lowest BCUT2D eigenvalue weighted by molar-refractivity contribution is 0.0943. The van der Waals surface area contributed by atoms with Crippen molar-refractivity contribution in [2.24, 2.45) is 0 Å². The van der Waals surface area contributed by atoms with Crippen molar-refractivity contribution in [1.29, 1.82) is 0 Å². The Balaban J connectivity index is 1.82. The number of rotatable bonds is 3. The Kier molecular flexibility index (Phi) is 3.54. The Hall–Kier alpha value is -1.00. The van der Waals surface area contributed by atoms with Gasteiger partial charge in [0.15, 0.2) is 0 Å². The van der Waals surface area contributed by atoms with Gasteiger partial charge in [0.2, 0.25) is 0 Å². The largest absolute Gasteiger partial charge is 0.314 e. The third-order valence-corrected chi connectivity index (χ3v) is 4.66. The lowest BCUT2D eigenvalue weighted by atomic mass is 9.83. The molecule has 0 spiro atoms. The van der Waals surface area contributed by atoms with Crippen molar-refractivity contribution < 1.29 is 0 Å². The van der Waals surface area contributed by atoms with E-state index in [0.717, 1.165) is 32.0 Å². The molecule has 3 rings (SSSR count). The molecule has 1 N–H and O–H groups in total. The Morgan fingerprint density at radius 2 is 2.00 bits per heavy atom. The summed E-state index contributed by atoms with van der Waals surface area (Å²) in [7, 11) is 0. The fourth-order valence-corrected chi connectivity index (χ4v) is 2.96. The molecule has 1 saturated heterocycles. The first-order valence-corrected chi connectivity index (χ1v) is 7.47. The smallest absolute Gasteiger partial charge is 0.148 e. The minimum absolute atomic E-state index is 0.0676. The zero-order chi connectivity index (χ0) is 13.3. The monoisotopic (exact) mass is 260 g/mol. The molecule has 2 fully saturated rings. The first kappa shape index (κ1) is 13.0. The lowest BCUT2D eigenvalue weighted by Gasteiger charge is -2.40. The van der Waals surface area contributed by atoms with E-state index < -0.39 is 0 Å². The summed E-state index contributed by atoms with van der Waals surface area (Å²) in [5.41, 5.74) is 1.18. The molecule has 1 aromatic rings. The van der Waals surface area contributed by atoms with Crippen molar-refractivity contribution in [2.75, 3.05) is 26.2 Å². The number of piperazine rings is 1. The molecule has 104 valence electrons. The van der Waals surface area contributed by atoms with Crippen LogP contribution < -0.4 is 5.32 Å². The zero-order valence-electron chi connectivity index (χ0n) is 12.0. The standard InChI is InChI=1S/C15H24N4/c1-15(2,19-10-8-16-9-11-19)14-17-7-6-13(18-14)12-4-3-5-12/h6-7,12,16H,3-5,8-11H2,1-2H3. The molecular formula is C15H24N4.